The molecule has 0 saturated carbocycles. The molecule has 17 heavy (non-hydrogen) atoms. The molecular formula is C14H15ClO2. The van der Waals surface area contributed by atoms with Crippen molar-refractivity contribution in [3.8, 4) is 0 Å². The molecule has 0 unspecified atom stereocenters. The van der Waals surface area contributed by atoms with Crippen molar-refractivity contribution in [2.24, 2.45) is 5.41 Å². The molecule has 2 saturated heterocycles. The Balaban J connectivity index is 1.72. The van der Waals surface area contributed by atoms with Crippen molar-refractivity contribution in [2.45, 2.75) is 37.0 Å². The van der Waals surface area contributed by atoms with Crippen LogP contribution in [-0.4, -0.2) is 24.4 Å². The van der Waals surface area contributed by atoms with Gasteiger partial charge >= 0.3 is 0 Å². The molecule has 2 fully saturated rings. The number of alkyl halides is 1. The minimum atomic E-state index is -0.275. The van der Waals surface area contributed by atoms with E-state index in [1.54, 1.807) is 0 Å². The van der Waals surface area contributed by atoms with Crippen LogP contribution in [0.1, 0.15) is 17.5 Å². The molecule has 0 N–H and O–H groups in total. The zero-order chi connectivity index (χ0) is 11.5. The summed E-state index contributed by atoms with van der Waals surface area (Å²) >= 11 is 6.27. The average molecular weight is 251 g/mol. The number of hydrogen-bond acceptors (Lipinski definition) is 2. The van der Waals surface area contributed by atoms with E-state index >= 15 is 0 Å². The number of fused-ring (bicyclic) bond motifs is 4. The number of hydrogen-bond donors (Lipinski definition) is 0. The lowest BCUT2D eigenvalue weighted by molar-refractivity contribution is -0.132. The highest BCUT2D eigenvalue weighted by Crippen LogP contribution is 2.52. The maximum Gasteiger partial charge on any atom is 0.157 e. The molecule has 3 aliphatic rings. The van der Waals surface area contributed by atoms with Crippen LogP contribution in [0, 0.1) is 5.41 Å². The zero-order valence-electron chi connectivity index (χ0n) is 9.56. The van der Waals surface area contributed by atoms with Gasteiger partial charge in [0, 0.05) is 5.41 Å². The van der Waals surface area contributed by atoms with Crippen LogP contribution >= 0.6 is 11.6 Å². The van der Waals surface area contributed by atoms with Gasteiger partial charge in [0.1, 0.15) is 6.10 Å². The summed E-state index contributed by atoms with van der Waals surface area (Å²) in [6.45, 7) is 0.656. The summed E-state index contributed by atoms with van der Waals surface area (Å²) in [6, 6.07) is 8.70. The van der Waals surface area contributed by atoms with Crippen molar-refractivity contribution in [2.75, 3.05) is 6.61 Å². The second-order valence-corrected chi connectivity index (χ2v) is 5.98. The molecule has 2 heterocycles. The van der Waals surface area contributed by atoms with E-state index in [0.717, 1.165) is 19.3 Å². The van der Waals surface area contributed by atoms with Gasteiger partial charge in [-0.25, -0.2) is 0 Å². The first-order valence-corrected chi connectivity index (χ1v) is 6.68. The summed E-state index contributed by atoms with van der Waals surface area (Å²) in [5, 5.41) is 0. The van der Waals surface area contributed by atoms with Crippen molar-refractivity contribution in [1.29, 1.82) is 0 Å². The maximum atomic E-state index is 6.27. The molecule has 0 aromatic heterocycles. The Morgan fingerprint density at radius 2 is 1.88 bits per heavy atom. The summed E-state index contributed by atoms with van der Waals surface area (Å²) in [4.78, 5) is 0. The van der Waals surface area contributed by atoms with Gasteiger partial charge in [0.2, 0.25) is 0 Å². The summed E-state index contributed by atoms with van der Waals surface area (Å²) < 4.78 is 11.6. The van der Waals surface area contributed by atoms with Crippen LogP contribution < -0.4 is 0 Å². The molecular weight excluding hydrogens is 236 g/mol. The van der Waals surface area contributed by atoms with E-state index in [1.807, 2.05) is 0 Å². The fourth-order valence-corrected chi connectivity index (χ4v) is 4.16. The van der Waals surface area contributed by atoms with Crippen molar-refractivity contribution < 1.29 is 9.47 Å². The molecule has 3 heteroatoms. The highest BCUT2D eigenvalue weighted by Gasteiger charge is 2.56. The van der Waals surface area contributed by atoms with Gasteiger partial charge in [-0.15, -0.1) is 0 Å². The number of benzene rings is 1. The van der Waals surface area contributed by atoms with Gasteiger partial charge in [0.05, 0.1) is 12.7 Å². The third kappa shape index (κ3) is 1.41. The molecule has 1 aromatic rings. The third-order valence-electron chi connectivity index (χ3n) is 4.46. The van der Waals surface area contributed by atoms with E-state index in [-0.39, 0.29) is 23.2 Å². The Morgan fingerprint density at radius 3 is 2.59 bits per heavy atom. The van der Waals surface area contributed by atoms with Crippen molar-refractivity contribution >= 4 is 11.6 Å². The van der Waals surface area contributed by atoms with Crippen LogP contribution in [0.3, 0.4) is 0 Å². The molecule has 2 aliphatic heterocycles. The minimum Gasteiger partial charge on any atom is -0.368 e. The lowest BCUT2D eigenvalue weighted by Gasteiger charge is -2.33. The van der Waals surface area contributed by atoms with Crippen LogP contribution in [-0.2, 0) is 22.3 Å². The summed E-state index contributed by atoms with van der Waals surface area (Å²) in [7, 11) is 0. The van der Waals surface area contributed by atoms with Crippen LogP contribution in [0.25, 0.3) is 0 Å². The van der Waals surface area contributed by atoms with Gasteiger partial charge in [-0.3, -0.25) is 0 Å². The molecule has 3 atom stereocenters. The molecule has 90 valence electrons. The number of rotatable bonds is 0. The first-order valence-electron chi connectivity index (χ1n) is 6.25. The van der Waals surface area contributed by atoms with E-state index in [0.29, 0.717) is 6.61 Å². The Morgan fingerprint density at radius 1 is 1.18 bits per heavy atom. The van der Waals surface area contributed by atoms with Crippen molar-refractivity contribution in [3.63, 3.8) is 0 Å². The van der Waals surface area contributed by atoms with Crippen LogP contribution in [0.2, 0.25) is 0 Å². The van der Waals surface area contributed by atoms with Crippen LogP contribution in [0.5, 0.6) is 0 Å². The highest BCUT2D eigenvalue weighted by atomic mass is 35.5. The lowest BCUT2D eigenvalue weighted by Crippen LogP contribution is -2.41. The fraction of sp³-hybridized carbons (Fsp3) is 0.571. The molecule has 4 rings (SSSR count). The summed E-state index contributed by atoms with van der Waals surface area (Å²) in [5.41, 5.74) is 2.85. The summed E-state index contributed by atoms with van der Waals surface area (Å²) in [5.74, 6) is 0. The topological polar surface area (TPSA) is 18.5 Å². The SMILES string of the molecule is Cl[C@H]1OC[C@@H]2CC3(Cc4ccccc4C3)[C@H]1O2. The Kier molecular flexibility index (Phi) is 2.11. The van der Waals surface area contributed by atoms with Crippen LogP contribution in [0.4, 0.5) is 0 Å². The van der Waals surface area contributed by atoms with E-state index in [1.165, 1.54) is 11.1 Å². The standard InChI is InChI=1S/C14H15ClO2/c15-13-12-14(7-11(17-12)8-16-13)5-9-3-1-2-4-10(9)6-14/h1-4,11-13H,5-8H2/t11-,12-,13-/m0/s1. The number of halogens is 1. The van der Waals surface area contributed by atoms with E-state index < -0.39 is 0 Å². The Labute approximate surface area is 106 Å². The van der Waals surface area contributed by atoms with Gasteiger partial charge in [-0.05, 0) is 30.4 Å². The number of ether oxygens (including phenoxy) is 2. The van der Waals surface area contributed by atoms with Crippen molar-refractivity contribution in [3.05, 3.63) is 35.4 Å². The monoisotopic (exact) mass is 250 g/mol. The molecule has 1 spiro atoms. The van der Waals surface area contributed by atoms with E-state index in [9.17, 15) is 0 Å². The highest BCUT2D eigenvalue weighted by molar-refractivity contribution is 6.20. The largest absolute Gasteiger partial charge is 0.368 e. The van der Waals surface area contributed by atoms with Crippen molar-refractivity contribution in [1.82, 2.24) is 0 Å². The molecule has 0 amide bonds. The zero-order valence-corrected chi connectivity index (χ0v) is 10.3. The Bertz CT molecular complexity index is 434. The fourth-order valence-electron chi connectivity index (χ4n) is 3.76. The molecule has 2 nitrogen and oxygen atoms in total. The second-order valence-electron chi connectivity index (χ2n) is 5.55. The van der Waals surface area contributed by atoms with E-state index in [2.05, 4.69) is 24.3 Å². The van der Waals surface area contributed by atoms with Gasteiger partial charge < -0.3 is 9.47 Å². The quantitative estimate of drug-likeness (QED) is 0.659. The first-order chi connectivity index (χ1) is 8.27. The predicted molar refractivity (Wildman–Crippen MR) is 65.2 cm³/mol. The maximum absolute atomic E-state index is 6.27. The normalized spacial score (nSPS) is 37.4. The van der Waals surface area contributed by atoms with Gasteiger partial charge in [-0.2, -0.15) is 0 Å². The first kappa shape index (κ1) is 10.4. The molecule has 1 aliphatic carbocycles. The van der Waals surface area contributed by atoms with Gasteiger partial charge in [0.25, 0.3) is 0 Å². The Hall–Kier alpha value is -0.570. The lowest BCUT2D eigenvalue weighted by atomic mass is 9.77. The predicted octanol–water partition coefficient (Wildman–Crippen LogP) is 2.52. The van der Waals surface area contributed by atoms with Gasteiger partial charge in [0.15, 0.2) is 5.56 Å². The average Bonchev–Trinajstić information content (AvgIpc) is 2.83. The smallest absolute Gasteiger partial charge is 0.157 e. The third-order valence-corrected chi connectivity index (χ3v) is 4.81. The van der Waals surface area contributed by atoms with Crippen LogP contribution in [0.15, 0.2) is 24.3 Å². The van der Waals surface area contributed by atoms with Gasteiger partial charge in [-0.1, -0.05) is 35.9 Å². The molecule has 0 radical (unpaired) electrons. The molecule has 1 aromatic carbocycles. The molecule has 2 bridgehead atoms. The second kappa shape index (κ2) is 3.47. The summed E-state index contributed by atoms with van der Waals surface area (Å²) in [6.07, 6.45) is 3.60. The van der Waals surface area contributed by atoms with E-state index in [4.69, 9.17) is 21.1 Å². The minimum absolute atomic E-state index is 0.0651.